The number of unbranched alkanes of at least 4 members (excludes halogenated alkanes) is 1. The van der Waals surface area contributed by atoms with E-state index >= 15 is 0 Å². The number of aryl methyl sites for hydroxylation is 1. The van der Waals surface area contributed by atoms with E-state index in [4.69, 9.17) is 9.47 Å². The minimum Gasteiger partial charge on any atom is -0.352 e. The molecule has 1 heterocycles. The van der Waals surface area contributed by atoms with Crippen LogP contribution in [0.15, 0.2) is 36.4 Å². The summed E-state index contributed by atoms with van der Waals surface area (Å²) in [5.41, 5.74) is 1.49. The van der Waals surface area contributed by atoms with Crippen molar-refractivity contribution in [3.05, 3.63) is 59.4 Å². The van der Waals surface area contributed by atoms with Crippen molar-refractivity contribution >= 4 is 0 Å². The third-order valence-electron chi connectivity index (χ3n) is 5.15. The summed E-state index contributed by atoms with van der Waals surface area (Å²) in [6.45, 7) is 3.71. The largest absolute Gasteiger partial charge is 0.352 e. The Morgan fingerprint density at radius 2 is 1.64 bits per heavy atom. The van der Waals surface area contributed by atoms with Gasteiger partial charge in [-0.25, -0.2) is 13.2 Å². The zero-order valence-electron chi connectivity index (χ0n) is 16.2. The summed E-state index contributed by atoms with van der Waals surface area (Å²) >= 11 is 0. The van der Waals surface area contributed by atoms with Crippen molar-refractivity contribution in [1.29, 1.82) is 0 Å². The number of hydrogen-bond acceptors (Lipinski definition) is 2. The van der Waals surface area contributed by atoms with Crippen LogP contribution in [-0.2, 0) is 15.9 Å². The van der Waals surface area contributed by atoms with E-state index < -0.39 is 17.5 Å². The number of benzene rings is 2. The van der Waals surface area contributed by atoms with E-state index in [0.29, 0.717) is 11.5 Å². The van der Waals surface area contributed by atoms with E-state index in [0.717, 1.165) is 69.4 Å². The van der Waals surface area contributed by atoms with Crippen LogP contribution in [0.5, 0.6) is 0 Å². The fourth-order valence-electron chi connectivity index (χ4n) is 3.58. The molecule has 0 radical (unpaired) electrons. The molecular formula is C23H27F3O2. The molecule has 0 atom stereocenters. The highest BCUT2D eigenvalue weighted by Gasteiger charge is 2.21. The Morgan fingerprint density at radius 1 is 0.857 bits per heavy atom. The van der Waals surface area contributed by atoms with Gasteiger partial charge in [0, 0.05) is 11.5 Å². The van der Waals surface area contributed by atoms with Crippen LogP contribution in [0.2, 0.25) is 0 Å². The highest BCUT2D eigenvalue weighted by molar-refractivity contribution is 5.64. The normalized spacial score (nSPS) is 19.7. The summed E-state index contributed by atoms with van der Waals surface area (Å²) in [6, 6.07) is 8.34. The molecule has 0 spiro atoms. The van der Waals surface area contributed by atoms with Crippen LogP contribution in [0, 0.1) is 23.4 Å². The van der Waals surface area contributed by atoms with Gasteiger partial charge in [0.2, 0.25) is 0 Å². The smallest absolute Gasteiger partial charge is 0.159 e. The minimum atomic E-state index is -0.978. The van der Waals surface area contributed by atoms with Crippen molar-refractivity contribution in [2.45, 2.75) is 51.7 Å². The van der Waals surface area contributed by atoms with Gasteiger partial charge in [-0.3, -0.25) is 0 Å². The van der Waals surface area contributed by atoms with Crippen LogP contribution >= 0.6 is 0 Å². The number of hydrogen-bond donors (Lipinski definition) is 0. The molecule has 1 saturated heterocycles. The van der Waals surface area contributed by atoms with Crippen molar-refractivity contribution in [1.82, 2.24) is 0 Å². The van der Waals surface area contributed by atoms with Crippen LogP contribution in [0.3, 0.4) is 0 Å². The fraction of sp³-hybridized carbons (Fsp3) is 0.478. The van der Waals surface area contributed by atoms with Crippen molar-refractivity contribution in [2.75, 3.05) is 13.2 Å². The lowest BCUT2D eigenvalue weighted by Crippen LogP contribution is -2.31. The first-order chi connectivity index (χ1) is 13.6. The Kier molecular flexibility index (Phi) is 7.51. The highest BCUT2D eigenvalue weighted by atomic mass is 19.2. The van der Waals surface area contributed by atoms with E-state index in [-0.39, 0.29) is 11.9 Å². The van der Waals surface area contributed by atoms with Gasteiger partial charge < -0.3 is 9.47 Å². The molecule has 3 rings (SSSR count). The maximum atomic E-state index is 14.4. The molecule has 2 nitrogen and oxygen atoms in total. The van der Waals surface area contributed by atoms with Gasteiger partial charge in [-0.15, -0.1) is 0 Å². The van der Waals surface area contributed by atoms with Gasteiger partial charge in [0.25, 0.3) is 0 Å². The summed E-state index contributed by atoms with van der Waals surface area (Å²) in [4.78, 5) is 0. The molecule has 0 saturated carbocycles. The van der Waals surface area contributed by atoms with Crippen molar-refractivity contribution in [3.63, 3.8) is 0 Å². The van der Waals surface area contributed by atoms with Crippen LogP contribution in [-0.4, -0.2) is 19.5 Å². The lowest BCUT2D eigenvalue weighted by molar-refractivity contribution is -0.204. The Bertz CT molecular complexity index is 770. The lowest BCUT2D eigenvalue weighted by Gasteiger charge is -2.29. The summed E-state index contributed by atoms with van der Waals surface area (Å²) < 4.78 is 52.4. The molecule has 2 aromatic rings. The van der Waals surface area contributed by atoms with Crippen LogP contribution in [0.4, 0.5) is 13.2 Å². The van der Waals surface area contributed by atoms with Gasteiger partial charge >= 0.3 is 0 Å². The van der Waals surface area contributed by atoms with Crippen molar-refractivity contribution in [2.24, 2.45) is 5.92 Å². The molecule has 28 heavy (non-hydrogen) atoms. The SMILES string of the molecule is CCCC1COC(CCCCc2ccc(-c3ccc(F)c(F)c3)c(F)c2)OC1. The summed E-state index contributed by atoms with van der Waals surface area (Å²) in [7, 11) is 0. The van der Waals surface area contributed by atoms with E-state index in [1.807, 2.05) is 6.07 Å². The predicted octanol–water partition coefficient (Wildman–Crippen LogP) is 6.27. The maximum absolute atomic E-state index is 14.4. The Balaban J connectivity index is 1.45. The molecule has 0 bridgehead atoms. The van der Waals surface area contributed by atoms with Crippen molar-refractivity contribution < 1.29 is 22.6 Å². The van der Waals surface area contributed by atoms with E-state index in [1.165, 1.54) is 12.1 Å². The Labute approximate surface area is 164 Å². The third kappa shape index (κ3) is 5.58. The number of rotatable bonds is 8. The highest BCUT2D eigenvalue weighted by Crippen LogP contribution is 2.26. The second-order valence-electron chi connectivity index (χ2n) is 7.44. The second kappa shape index (κ2) is 10.1. The van der Waals surface area contributed by atoms with Crippen LogP contribution in [0.25, 0.3) is 11.1 Å². The second-order valence-corrected chi connectivity index (χ2v) is 7.44. The van der Waals surface area contributed by atoms with Crippen molar-refractivity contribution in [3.8, 4) is 11.1 Å². The van der Waals surface area contributed by atoms with Gasteiger partial charge in [-0.2, -0.15) is 0 Å². The molecule has 5 heteroatoms. The maximum Gasteiger partial charge on any atom is 0.159 e. The van der Waals surface area contributed by atoms with Gasteiger partial charge in [-0.1, -0.05) is 31.5 Å². The first-order valence-electron chi connectivity index (χ1n) is 10.0. The molecule has 0 N–H and O–H groups in total. The number of ether oxygens (including phenoxy) is 2. The fourth-order valence-corrected chi connectivity index (χ4v) is 3.58. The summed E-state index contributed by atoms with van der Waals surface area (Å²) in [5.74, 6) is -1.83. The first-order valence-corrected chi connectivity index (χ1v) is 10.0. The Hall–Kier alpha value is -1.85. The molecule has 1 aliphatic rings. The van der Waals surface area contributed by atoms with E-state index in [2.05, 4.69) is 6.92 Å². The molecule has 152 valence electrons. The standard InChI is InChI=1S/C23H27F3O2/c1-2-5-17-14-27-23(28-15-17)7-4-3-6-16-8-10-19(21(25)12-16)18-9-11-20(24)22(26)13-18/h8-13,17,23H,2-7,14-15H2,1H3. The predicted molar refractivity (Wildman–Crippen MR) is 103 cm³/mol. The monoisotopic (exact) mass is 392 g/mol. The van der Waals surface area contributed by atoms with Gasteiger partial charge in [0.1, 0.15) is 5.82 Å². The third-order valence-corrected chi connectivity index (χ3v) is 5.15. The summed E-state index contributed by atoms with van der Waals surface area (Å²) in [5, 5.41) is 0. The summed E-state index contributed by atoms with van der Waals surface area (Å²) in [6.07, 6.45) is 5.60. The van der Waals surface area contributed by atoms with Crippen LogP contribution in [0.1, 0.15) is 44.6 Å². The van der Waals surface area contributed by atoms with E-state index in [9.17, 15) is 13.2 Å². The van der Waals surface area contributed by atoms with Gasteiger partial charge in [-0.05, 0) is 61.4 Å². The quantitative estimate of drug-likeness (QED) is 0.493. The zero-order valence-corrected chi connectivity index (χ0v) is 16.2. The van der Waals surface area contributed by atoms with E-state index in [1.54, 1.807) is 6.07 Å². The Morgan fingerprint density at radius 3 is 2.32 bits per heavy atom. The topological polar surface area (TPSA) is 18.5 Å². The van der Waals surface area contributed by atoms with Gasteiger partial charge in [0.15, 0.2) is 17.9 Å². The lowest BCUT2D eigenvalue weighted by atomic mass is 10.00. The number of halogens is 3. The average Bonchev–Trinajstić information content (AvgIpc) is 2.69. The molecular weight excluding hydrogens is 365 g/mol. The molecule has 0 amide bonds. The van der Waals surface area contributed by atoms with Gasteiger partial charge in [0.05, 0.1) is 13.2 Å². The molecule has 0 aromatic heterocycles. The molecule has 2 aromatic carbocycles. The minimum absolute atomic E-state index is 0.124. The first kappa shape index (κ1) is 20.9. The molecule has 1 fully saturated rings. The zero-order chi connectivity index (χ0) is 19.9. The molecule has 0 aliphatic carbocycles. The average molecular weight is 392 g/mol. The molecule has 0 unspecified atom stereocenters. The van der Waals surface area contributed by atoms with Crippen LogP contribution < -0.4 is 0 Å². The molecule has 1 aliphatic heterocycles.